The quantitative estimate of drug-likeness (QED) is 0.388. The monoisotopic (exact) mass is 465 g/mol. The third-order valence-electron chi connectivity index (χ3n) is 3.88. The van der Waals surface area contributed by atoms with Crippen LogP contribution >= 0.6 is 34.8 Å². The van der Waals surface area contributed by atoms with Crippen molar-refractivity contribution in [1.29, 1.82) is 0 Å². The van der Waals surface area contributed by atoms with Crippen LogP contribution in [0.4, 0.5) is 5.69 Å². The van der Waals surface area contributed by atoms with E-state index in [4.69, 9.17) is 16.6 Å². The zero-order valence-corrected chi connectivity index (χ0v) is 17.4. The highest BCUT2D eigenvalue weighted by molar-refractivity contribution is 14.1. The largest absolute Gasteiger partial charge is 0.409 e. The van der Waals surface area contributed by atoms with Crippen molar-refractivity contribution in [3.8, 4) is 11.5 Å². The van der Waals surface area contributed by atoms with E-state index in [0.717, 1.165) is 11.3 Å². The molecule has 130 valence electrons. The van der Waals surface area contributed by atoms with E-state index >= 15 is 0 Å². The van der Waals surface area contributed by atoms with Crippen molar-refractivity contribution >= 4 is 40.5 Å². The number of nitrogens with zero attached hydrogens (tertiary/aromatic N) is 2. The number of rotatable bonds is 4. The van der Waals surface area contributed by atoms with Crippen molar-refractivity contribution in [3.05, 3.63) is 62.5 Å². The van der Waals surface area contributed by atoms with E-state index in [1.54, 1.807) is 4.68 Å². The summed E-state index contributed by atoms with van der Waals surface area (Å²) in [5, 5.41) is 7.78. The smallest absolute Gasteiger partial charge is 0.289 e. The molecule has 0 saturated carbocycles. The topological polar surface area (TPSA) is 43.0 Å². The lowest BCUT2D eigenvalue weighted by Gasteiger charge is -2.18. The zero-order valence-electron chi connectivity index (χ0n) is 14.4. The van der Waals surface area contributed by atoms with Crippen LogP contribution in [0.5, 0.6) is 0 Å². The molecule has 1 aromatic heterocycles. The first-order valence-electron chi connectivity index (χ1n) is 8.01. The van der Waals surface area contributed by atoms with Gasteiger partial charge in [0.2, 0.25) is 5.89 Å². The fourth-order valence-corrected chi connectivity index (χ4v) is 2.91. The number of nitrogens with one attached hydrogen (secondary N) is 1. The van der Waals surface area contributed by atoms with Gasteiger partial charge in [-0.2, -0.15) is 0 Å². The second-order valence-corrected chi connectivity index (χ2v) is 8.44. The Balaban J connectivity index is 1.75. The molecule has 0 aliphatic heterocycles. The van der Waals surface area contributed by atoms with Crippen molar-refractivity contribution < 1.29 is 4.42 Å². The first-order valence-corrected chi connectivity index (χ1v) is 9.50. The minimum absolute atomic E-state index is 0.121. The van der Waals surface area contributed by atoms with Crippen molar-refractivity contribution in [2.75, 3.05) is 5.32 Å². The van der Waals surface area contributed by atoms with E-state index in [-0.39, 0.29) is 5.41 Å². The Morgan fingerprint density at radius 3 is 2.32 bits per heavy atom. The standard InChI is InChI=1S/C19H20IN3OS/c1-19(2,3)14-6-4-13(5-7-14)17-22-23(18(25)24-17)12-21-16-10-8-15(20)9-11-16/h4-11,21H,12H2,1-3H3. The fraction of sp³-hybridized carbons (Fsp3) is 0.263. The Bertz CT molecular complexity index is 906. The second kappa shape index (κ2) is 7.29. The van der Waals surface area contributed by atoms with Gasteiger partial charge in [0.15, 0.2) is 0 Å². The Kier molecular flexibility index (Phi) is 5.29. The molecule has 0 atom stereocenters. The number of hydrogen-bond acceptors (Lipinski definition) is 4. The molecule has 1 heterocycles. The molecule has 0 amide bonds. The highest BCUT2D eigenvalue weighted by Gasteiger charge is 2.14. The summed E-state index contributed by atoms with van der Waals surface area (Å²) < 4.78 is 8.51. The van der Waals surface area contributed by atoms with Crippen molar-refractivity contribution in [1.82, 2.24) is 9.78 Å². The van der Waals surface area contributed by atoms with Crippen molar-refractivity contribution in [3.63, 3.8) is 0 Å². The van der Waals surface area contributed by atoms with Crippen molar-refractivity contribution in [2.45, 2.75) is 32.9 Å². The lowest BCUT2D eigenvalue weighted by molar-refractivity contribution is 0.522. The van der Waals surface area contributed by atoms with Gasteiger partial charge in [-0.15, -0.1) is 5.10 Å². The van der Waals surface area contributed by atoms with Crippen LogP contribution in [-0.2, 0) is 12.1 Å². The van der Waals surface area contributed by atoms with Gasteiger partial charge < -0.3 is 9.73 Å². The van der Waals surface area contributed by atoms with Gasteiger partial charge in [0.1, 0.15) is 6.67 Å². The molecule has 0 spiro atoms. The van der Waals surface area contributed by atoms with Crippen LogP contribution in [-0.4, -0.2) is 9.78 Å². The molecule has 3 rings (SSSR count). The maximum atomic E-state index is 5.66. The lowest BCUT2D eigenvalue weighted by atomic mass is 9.87. The molecule has 1 N–H and O–H groups in total. The maximum absolute atomic E-state index is 5.66. The fourth-order valence-electron chi connectivity index (χ4n) is 2.37. The Morgan fingerprint density at radius 2 is 1.72 bits per heavy atom. The number of aromatic nitrogens is 2. The third-order valence-corrected chi connectivity index (χ3v) is 4.89. The van der Waals surface area contributed by atoms with E-state index in [1.165, 1.54) is 9.13 Å². The Labute approximate surface area is 166 Å². The molecule has 2 aromatic carbocycles. The minimum Gasteiger partial charge on any atom is -0.409 e. The third kappa shape index (κ3) is 4.49. The van der Waals surface area contributed by atoms with Gasteiger partial charge in [0.25, 0.3) is 4.84 Å². The molecule has 25 heavy (non-hydrogen) atoms. The van der Waals surface area contributed by atoms with Gasteiger partial charge in [-0.25, -0.2) is 4.68 Å². The van der Waals surface area contributed by atoms with E-state index in [2.05, 4.69) is 65.9 Å². The van der Waals surface area contributed by atoms with Crippen LogP contribution in [0.25, 0.3) is 11.5 Å². The van der Waals surface area contributed by atoms with Crippen LogP contribution in [0.2, 0.25) is 0 Å². The molecule has 4 nitrogen and oxygen atoms in total. The van der Waals surface area contributed by atoms with Crippen molar-refractivity contribution in [2.24, 2.45) is 0 Å². The predicted molar refractivity (Wildman–Crippen MR) is 112 cm³/mol. The number of anilines is 1. The molecule has 0 saturated heterocycles. The van der Waals surface area contributed by atoms with Gasteiger partial charge in [0.05, 0.1) is 0 Å². The molecule has 6 heteroatoms. The molecule has 0 aliphatic rings. The van der Waals surface area contributed by atoms with Gasteiger partial charge in [-0.1, -0.05) is 32.9 Å². The molecule has 3 aromatic rings. The molecule has 0 unspecified atom stereocenters. The first kappa shape index (κ1) is 18.1. The summed E-state index contributed by atoms with van der Waals surface area (Å²) in [5.74, 6) is 0.537. The van der Waals surface area contributed by atoms with E-state index < -0.39 is 0 Å². The summed E-state index contributed by atoms with van der Waals surface area (Å²) in [4.78, 5) is 0.355. The SMILES string of the molecule is CC(C)(C)c1ccc(-c2nn(CNc3ccc(I)cc3)c(=S)o2)cc1. The van der Waals surface area contributed by atoms with Gasteiger partial charge in [-0.05, 0) is 82.2 Å². The molecular formula is C19H20IN3OS. The van der Waals surface area contributed by atoms with E-state index in [1.807, 2.05) is 36.4 Å². The highest BCUT2D eigenvalue weighted by Crippen LogP contribution is 2.25. The lowest BCUT2D eigenvalue weighted by Crippen LogP contribution is -2.10. The first-order chi connectivity index (χ1) is 11.8. The van der Waals surface area contributed by atoms with Crippen LogP contribution in [0.1, 0.15) is 26.3 Å². The normalized spacial score (nSPS) is 11.5. The summed E-state index contributed by atoms with van der Waals surface area (Å²) in [6.07, 6.45) is 0. The van der Waals surface area contributed by atoms with Gasteiger partial charge in [0, 0.05) is 14.8 Å². The van der Waals surface area contributed by atoms with E-state index in [9.17, 15) is 0 Å². The number of hydrogen-bond donors (Lipinski definition) is 1. The van der Waals surface area contributed by atoms with Crippen LogP contribution in [0, 0.1) is 8.41 Å². The number of halogens is 1. The summed E-state index contributed by atoms with van der Waals surface area (Å²) in [5.41, 5.74) is 3.33. The number of benzene rings is 2. The van der Waals surface area contributed by atoms with Crippen LogP contribution in [0.3, 0.4) is 0 Å². The van der Waals surface area contributed by atoms with E-state index in [0.29, 0.717) is 17.4 Å². The zero-order chi connectivity index (χ0) is 18.0. The van der Waals surface area contributed by atoms with Crippen LogP contribution in [0.15, 0.2) is 52.9 Å². The summed E-state index contributed by atoms with van der Waals surface area (Å²) in [6, 6.07) is 16.4. The maximum Gasteiger partial charge on any atom is 0.289 e. The molecule has 0 radical (unpaired) electrons. The molecule has 0 fully saturated rings. The van der Waals surface area contributed by atoms with Gasteiger partial charge >= 0.3 is 0 Å². The molecular weight excluding hydrogens is 445 g/mol. The Morgan fingerprint density at radius 1 is 1.08 bits per heavy atom. The summed E-state index contributed by atoms with van der Waals surface area (Å²) in [7, 11) is 0. The van der Waals surface area contributed by atoms with Gasteiger partial charge in [-0.3, -0.25) is 0 Å². The molecule has 0 aliphatic carbocycles. The summed E-state index contributed by atoms with van der Waals surface area (Å²) >= 11 is 7.57. The molecule has 0 bridgehead atoms. The highest BCUT2D eigenvalue weighted by atomic mass is 127. The average molecular weight is 465 g/mol. The second-order valence-electron chi connectivity index (χ2n) is 6.84. The predicted octanol–water partition coefficient (Wildman–Crippen LogP) is 5.84. The minimum atomic E-state index is 0.121. The average Bonchev–Trinajstić information content (AvgIpc) is 2.95. The summed E-state index contributed by atoms with van der Waals surface area (Å²) in [6.45, 7) is 7.04. The van der Waals surface area contributed by atoms with Crippen LogP contribution < -0.4 is 5.32 Å². The Hall–Kier alpha value is -1.67.